The van der Waals surface area contributed by atoms with Gasteiger partial charge in [-0.25, -0.2) is 0 Å². The summed E-state index contributed by atoms with van der Waals surface area (Å²) >= 11 is 0. The Hall–Kier alpha value is -2.54. The van der Waals surface area contributed by atoms with E-state index in [-0.39, 0.29) is 17.9 Å². The molecule has 35 heavy (non-hydrogen) atoms. The van der Waals surface area contributed by atoms with Crippen LogP contribution < -0.4 is 5.32 Å². The predicted octanol–water partition coefficient (Wildman–Crippen LogP) is 4.68. The van der Waals surface area contributed by atoms with Crippen molar-refractivity contribution in [1.29, 1.82) is 0 Å². The number of carbonyl (C=O) groups excluding carboxylic acids is 2. The quantitative estimate of drug-likeness (QED) is 0.610. The number of hydrogen-bond donors (Lipinski definition) is 1. The molecule has 5 rings (SSSR count). The Bertz CT molecular complexity index is 1020. The van der Waals surface area contributed by atoms with E-state index in [1.165, 1.54) is 32.1 Å². The summed E-state index contributed by atoms with van der Waals surface area (Å²) in [5.74, 6) is 0.609. The van der Waals surface area contributed by atoms with Crippen molar-refractivity contribution in [3.63, 3.8) is 0 Å². The van der Waals surface area contributed by atoms with E-state index in [0.29, 0.717) is 30.6 Å². The Morgan fingerprint density at radius 2 is 1.77 bits per heavy atom. The minimum absolute atomic E-state index is 0.0332. The number of rotatable bonds is 6. The lowest BCUT2D eigenvalue weighted by Crippen LogP contribution is -2.66. The fourth-order valence-corrected chi connectivity index (χ4v) is 6.25. The SMILES string of the molecule is C[C@H]1CCCCN1CCN1C(=O)c2ccc(-c3ccco3)n2C[C@]1(C)C(=O)NC1CCCCCC1. The van der Waals surface area contributed by atoms with Crippen molar-refractivity contribution in [3.05, 3.63) is 36.2 Å². The number of hydrogen-bond acceptors (Lipinski definition) is 4. The van der Waals surface area contributed by atoms with Crippen molar-refractivity contribution in [3.8, 4) is 11.5 Å². The van der Waals surface area contributed by atoms with Gasteiger partial charge in [0.15, 0.2) is 0 Å². The molecule has 2 fully saturated rings. The number of fused-ring (bicyclic) bond motifs is 1. The fraction of sp³-hybridized carbons (Fsp3) is 0.643. The lowest BCUT2D eigenvalue weighted by molar-refractivity contribution is -0.133. The van der Waals surface area contributed by atoms with Crippen LogP contribution in [0.5, 0.6) is 0 Å². The molecule has 4 heterocycles. The van der Waals surface area contributed by atoms with Gasteiger partial charge in [0.05, 0.1) is 18.5 Å². The van der Waals surface area contributed by atoms with Gasteiger partial charge in [-0.15, -0.1) is 0 Å². The van der Waals surface area contributed by atoms with Crippen LogP contribution >= 0.6 is 0 Å². The average Bonchev–Trinajstić information content (AvgIpc) is 3.45. The van der Waals surface area contributed by atoms with Crippen molar-refractivity contribution >= 4 is 11.8 Å². The molecule has 3 aliphatic rings. The third-order valence-corrected chi connectivity index (χ3v) is 8.51. The van der Waals surface area contributed by atoms with Crippen LogP contribution in [-0.4, -0.2) is 63.4 Å². The summed E-state index contributed by atoms with van der Waals surface area (Å²) in [6.07, 6.45) is 12.1. The van der Waals surface area contributed by atoms with Gasteiger partial charge in [0, 0.05) is 25.2 Å². The second-order valence-electron chi connectivity index (χ2n) is 10.9. The molecule has 1 saturated carbocycles. The molecule has 0 radical (unpaired) electrons. The van der Waals surface area contributed by atoms with Crippen LogP contribution in [-0.2, 0) is 11.3 Å². The van der Waals surface area contributed by atoms with Crippen LogP contribution in [0.3, 0.4) is 0 Å². The zero-order chi connectivity index (χ0) is 24.4. The third-order valence-electron chi connectivity index (χ3n) is 8.51. The molecule has 2 aromatic heterocycles. The van der Waals surface area contributed by atoms with E-state index in [9.17, 15) is 9.59 Å². The summed E-state index contributed by atoms with van der Waals surface area (Å²) < 4.78 is 7.64. The molecular formula is C28H40N4O3. The molecule has 0 unspecified atom stereocenters. The Balaban J connectivity index is 1.43. The highest BCUT2D eigenvalue weighted by molar-refractivity contribution is 6.00. The van der Waals surface area contributed by atoms with Crippen molar-refractivity contribution in [2.75, 3.05) is 19.6 Å². The van der Waals surface area contributed by atoms with Crippen molar-refractivity contribution in [2.24, 2.45) is 0 Å². The molecular weight excluding hydrogens is 440 g/mol. The van der Waals surface area contributed by atoms with E-state index in [1.54, 1.807) is 6.26 Å². The van der Waals surface area contributed by atoms with Crippen molar-refractivity contribution < 1.29 is 14.0 Å². The highest BCUT2D eigenvalue weighted by Gasteiger charge is 2.48. The number of aromatic nitrogens is 1. The highest BCUT2D eigenvalue weighted by Crippen LogP contribution is 2.34. The number of carbonyl (C=O) groups is 2. The zero-order valence-electron chi connectivity index (χ0n) is 21.3. The number of nitrogens with zero attached hydrogens (tertiary/aromatic N) is 3. The first-order valence-corrected chi connectivity index (χ1v) is 13.6. The van der Waals surface area contributed by atoms with Gasteiger partial charge >= 0.3 is 0 Å². The van der Waals surface area contributed by atoms with Gasteiger partial charge in [-0.2, -0.15) is 0 Å². The van der Waals surface area contributed by atoms with E-state index in [4.69, 9.17) is 4.42 Å². The Kier molecular flexibility index (Phi) is 7.05. The largest absolute Gasteiger partial charge is 0.463 e. The third kappa shape index (κ3) is 4.80. The minimum Gasteiger partial charge on any atom is -0.463 e. The Labute approximate surface area is 208 Å². The van der Waals surface area contributed by atoms with Gasteiger partial charge in [-0.3, -0.25) is 14.5 Å². The van der Waals surface area contributed by atoms with Gasteiger partial charge in [-0.1, -0.05) is 32.1 Å². The van der Waals surface area contributed by atoms with Crippen molar-refractivity contribution in [2.45, 2.75) is 95.8 Å². The Morgan fingerprint density at radius 1 is 1.03 bits per heavy atom. The van der Waals surface area contributed by atoms with Gasteiger partial charge in [0.1, 0.15) is 17.0 Å². The number of nitrogens with one attached hydrogen (secondary N) is 1. The lowest BCUT2D eigenvalue weighted by atomic mass is 9.93. The van der Waals surface area contributed by atoms with E-state index in [2.05, 4.69) is 17.1 Å². The molecule has 0 spiro atoms. The average molecular weight is 481 g/mol. The molecule has 0 aromatic carbocycles. The normalized spacial score (nSPS) is 26.4. The first-order chi connectivity index (χ1) is 17.0. The fourth-order valence-electron chi connectivity index (χ4n) is 6.25. The summed E-state index contributed by atoms with van der Waals surface area (Å²) in [5.41, 5.74) is 0.509. The molecule has 2 atom stereocenters. The van der Waals surface area contributed by atoms with Gasteiger partial charge in [0.25, 0.3) is 5.91 Å². The highest BCUT2D eigenvalue weighted by atomic mass is 16.3. The zero-order valence-corrected chi connectivity index (χ0v) is 21.3. The van der Waals surface area contributed by atoms with E-state index < -0.39 is 5.54 Å². The molecule has 1 N–H and O–H groups in total. The maximum Gasteiger partial charge on any atom is 0.271 e. The second-order valence-corrected chi connectivity index (χ2v) is 10.9. The summed E-state index contributed by atoms with van der Waals surface area (Å²) in [6, 6.07) is 8.27. The molecule has 0 bridgehead atoms. The first kappa shape index (κ1) is 24.2. The van der Waals surface area contributed by atoms with Gasteiger partial charge in [0.2, 0.25) is 5.91 Å². The summed E-state index contributed by atoms with van der Waals surface area (Å²) in [4.78, 5) is 32.2. The van der Waals surface area contributed by atoms with E-state index in [1.807, 2.05) is 40.7 Å². The van der Waals surface area contributed by atoms with Crippen molar-refractivity contribution in [1.82, 2.24) is 19.7 Å². The minimum atomic E-state index is -0.963. The number of likely N-dealkylation sites (tertiary alicyclic amines) is 1. The molecule has 190 valence electrons. The molecule has 7 heteroatoms. The smallest absolute Gasteiger partial charge is 0.271 e. The summed E-state index contributed by atoms with van der Waals surface area (Å²) in [6.45, 7) is 7.06. The first-order valence-electron chi connectivity index (χ1n) is 13.6. The standard InChI is InChI=1S/C28H40N4O3/c1-21-10-7-8-16-30(21)17-18-32-26(33)24-15-14-23(25-13-9-19-35-25)31(24)20-28(32,2)27(34)29-22-11-5-3-4-6-12-22/h9,13-15,19,21-22H,3-8,10-12,16-18,20H2,1-2H3,(H,29,34)/t21-,28+/m0/s1. The van der Waals surface area contributed by atoms with Crippen LogP contribution in [0.25, 0.3) is 11.5 Å². The molecule has 2 amide bonds. The Morgan fingerprint density at radius 3 is 2.49 bits per heavy atom. The van der Waals surface area contributed by atoms with Crippen LogP contribution in [0.15, 0.2) is 34.9 Å². The predicted molar refractivity (Wildman–Crippen MR) is 136 cm³/mol. The molecule has 1 aliphatic carbocycles. The molecule has 2 aromatic rings. The number of piperidine rings is 1. The number of furan rings is 1. The summed E-state index contributed by atoms with van der Waals surface area (Å²) in [7, 11) is 0. The second kappa shape index (κ2) is 10.2. The molecule has 7 nitrogen and oxygen atoms in total. The van der Waals surface area contributed by atoms with Crippen LogP contribution in [0.1, 0.15) is 82.1 Å². The van der Waals surface area contributed by atoms with E-state index >= 15 is 0 Å². The monoisotopic (exact) mass is 480 g/mol. The maximum absolute atomic E-state index is 13.9. The number of amides is 2. The van der Waals surface area contributed by atoms with Gasteiger partial charge in [-0.05, 0) is 70.3 Å². The molecule has 1 saturated heterocycles. The van der Waals surface area contributed by atoms with Crippen LogP contribution in [0.4, 0.5) is 0 Å². The topological polar surface area (TPSA) is 70.7 Å². The maximum atomic E-state index is 13.9. The summed E-state index contributed by atoms with van der Waals surface area (Å²) in [5, 5.41) is 3.36. The van der Waals surface area contributed by atoms with Crippen LogP contribution in [0.2, 0.25) is 0 Å². The van der Waals surface area contributed by atoms with E-state index in [0.717, 1.165) is 44.5 Å². The molecule has 2 aliphatic heterocycles. The van der Waals surface area contributed by atoms with Gasteiger partial charge < -0.3 is 19.2 Å². The lowest BCUT2D eigenvalue weighted by Gasteiger charge is -2.46. The van der Waals surface area contributed by atoms with Crippen LogP contribution in [0, 0.1) is 0 Å².